The Labute approximate surface area is 213 Å². The highest BCUT2D eigenvalue weighted by Gasteiger charge is 2.21. The van der Waals surface area contributed by atoms with Crippen molar-refractivity contribution in [2.24, 2.45) is 54.7 Å². The van der Waals surface area contributed by atoms with Gasteiger partial charge in [0.15, 0.2) is 23.8 Å². The van der Waals surface area contributed by atoms with Crippen LogP contribution < -0.4 is 33.6 Å². The molecule has 2 unspecified atom stereocenters. The smallest absolute Gasteiger partial charge is 0.195 e. The van der Waals surface area contributed by atoms with Crippen LogP contribution >= 0.6 is 0 Å². The maximum atomic E-state index is 6.01. The first-order valence-electron chi connectivity index (χ1n) is 12.3. The molecule has 0 amide bonds. The van der Waals surface area contributed by atoms with Gasteiger partial charge in [-0.1, -0.05) is 67.1 Å². The lowest BCUT2D eigenvalue weighted by atomic mass is 9.81. The van der Waals surface area contributed by atoms with Crippen LogP contribution in [-0.2, 0) is 13.1 Å². The maximum Gasteiger partial charge on any atom is 0.195 e. The second-order valence-electron chi connectivity index (χ2n) is 8.97. The van der Waals surface area contributed by atoms with Gasteiger partial charge in [-0.05, 0) is 42.2 Å². The summed E-state index contributed by atoms with van der Waals surface area (Å²) < 4.78 is 0. The van der Waals surface area contributed by atoms with Crippen molar-refractivity contribution in [3.8, 4) is 0 Å². The highest BCUT2D eigenvalue weighted by molar-refractivity contribution is 5.97. The molecule has 0 bridgehead atoms. The minimum absolute atomic E-state index is 0.255. The first kappa shape index (κ1) is 26.5. The molecule has 2 aromatic rings. The molecule has 2 atom stereocenters. The molecule has 3 rings (SSSR count). The van der Waals surface area contributed by atoms with Gasteiger partial charge >= 0.3 is 0 Å². The van der Waals surface area contributed by atoms with Gasteiger partial charge in [0, 0.05) is 13.1 Å². The van der Waals surface area contributed by atoms with Crippen molar-refractivity contribution in [3.05, 3.63) is 71.8 Å². The fourth-order valence-electron chi connectivity index (χ4n) is 4.13. The molecule has 1 aliphatic carbocycles. The van der Waals surface area contributed by atoms with E-state index in [4.69, 9.17) is 22.9 Å². The summed E-state index contributed by atoms with van der Waals surface area (Å²) in [5, 5.41) is 5.73. The van der Waals surface area contributed by atoms with Crippen LogP contribution in [0.2, 0.25) is 0 Å². The summed E-state index contributed by atoms with van der Waals surface area (Å²) in [6.07, 6.45) is 4.37. The van der Waals surface area contributed by atoms with Crippen LogP contribution in [0.1, 0.15) is 36.8 Å². The van der Waals surface area contributed by atoms with Crippen LogP contribution in [0.4, 0.5) is 0 Å². The van der Waals surface area contributed by atoms with E-state index in [0.29, 0.717) is 38.0 Å². The van der Waals surface area contributed by atoms with Crippen molar-refractivity contribution in [1.82, 2.24) is 10.6 Å². The van der Waals surface area contributed by atoms with E-state index in [-0.39, 0.29) is 23.8 Å². The van der Waals surface area contributed by atoms with Crippen molar-refractivity contribution in [1.29, 1.82) is 0 Å². The normalized spacial score (nSPS) is 19.7. The van der Waals surface area contributed by atoms with Gasteiger partial charge in [0.2, 0.25) is 0 Å². The molecule has 1 saturated carbocycles. The minimum atomic E-state index is 0.255. The molecule has 0 saturated heterocycles. The van der Waals surface area contributed by atoms with Crippen LogP contribution in [0.3, 0.4) is 0 Å². The molecule has 2 aromatic carbocycles. The fraction of sp³-hybridized carbons (Fsp3) is 0.385. The van der Waals surface area contributed by atoms with Crippen molar-refractivity contribution in [2.45, 2.75) is 38.8 Å². The number of hydrogen-bond donors (Lipinski definition) is 6. The average molecular weight is 491 g/mol. The number of guanidine groups is 4. The third kappa shape index (κ3) is 10.0. The van der Waals surface area contributed by atoms with E-state index in [1.807, 2.05) is 60.7 Å². The van der Waals surface area contributed by atoms with E-state index in [0.717, 1.165) is 36.8 Å². The number of hydrogen-bond acceptors (Lipinski definition) is 4. The Bertz CT molecular complexity index is 963. The monoisotopic (exact) mass is 490 g/mol. The van der Waals surface area contributed by atoms with Crippen molar-refractivity contribution in [2.75, 3.05) is 13.1 Å². The molecule has 0 heterocycles. The first-order chi connectivity index (χ1) is 17.5. The molecule has 0 aromatic heterocycles. The molecular formula is C26H38N10. The summed E-state index contributed by atoms with van der Waals surface area (Å²) >= 11 is 0. The van der Waals surface area contributed by atoms with Gasteiger partial charge in [-0.15, -0.1) is 0 Å². The Morgan fingerprint density at radius 2 is 1.00 bits per heavy atom. The highest BCUT2D eigenvalue weighted by Crippen LogP contribution is 2.29. The number of aliphatic imine (C=N–C) groups is 4. The van der Waals surface area contributed by atoms with Crippen LogP contribution in [0, 0.1) is 11.8 Å². The summed E-state index contributed by atoms with van der Waals surface area (Å²) in [5.41, 5.74) is 26.0. The third-order valence-electron chi connectivity index (χ3n) is 5.99. The molecule has 10 nitrogen and oxygen atoms in total. The topological polar surface area (TPSA) is 178 Å². The Balaban J connectivity index is 1.39. The van der Waals surface area contributed by atoms with Gasteiger partial charge in [-0.2, -0.15) is 0 Å². The molecule has 0 aliphatic heterocycles. The SMILES string of the molecule is NC(=NCc1ccccc1)NC(N)=NCC1CCCC(CN=C(N)NC(N)=NCc2ccccc2)C1. The van der Waals surface area contributed by atoms with Crippen LogP contribution in [0.25, 0.3) is 0 Å². The number of rotatable bonds is 8. The second kappa shape index (κ2) is 14.3. The summed E-state index contributed by atoms with van der Waals surface area (Å²) in [5.74, 6) is 1.95. The van der Waals surface area contributed by atoms with Gasteiger partial charge in [-0.3, -0.25) is 20.6 Å². The molecule has 10 heteroatoms. The van der Waals surface area contributed by atoms with E-state index in [2.05, 4.69) is 30.6 Å². The summed E-state index contributed by atoms with van der Waals surface area (Å²) in [6.45, 7) is 2.25. The third-order valence-corrected chi connectivity index (χ3v) is 5.99. The van der Waals surface area contributed by atoms with Crippen LogP contribution in [-0.4, -0.2) is 36.9 Å². The molecule has 192 valence electrons. The van der Waals surface area contributed by atoms with Crippen molar-refractivity contribution < 1.29 is 0 Å². The standard InChI is InChI=1S/C26H38N10/c27-23(31-15-19-8-3-1-4-9-19)35-25(29)33-17-21-12-7-13-22(14-21)18-34-26(30)36-24(28)32-16-20-10-5-2-6-11-20/h1-6,8-11,21-22H,7,12-18H2,(H5,27,29,31,33,35)(H5,28,30,32,34,36). The van der Waals surface area contributed by atoms with Crippen molar-refractivity contribution in [3.63, 3.8) is 0 Å². The molecular weight excluding hydrogens is 452 g/mol. The Morgan fingerprint density at radius 3 is 1.42 bits per heavy atom. The number of nitrogens with one attached hydrogen (secondary N) is 2. The minimum Gasteiger partial charge on any atom is -0.370 e. The largest absolute Gasteiger partial charge is 0.370 e. The van der Waals surface area contributed by atoms with Gasteiger partial charge in [0.25, 0.3) is 0 Å². The van der Waals surface area contributed by atoms with Gasteiger partial charge < -0.3 is 22.9 Å². The molecule has 0 spiro atoms. The zero-order chi connectivity index (χ0) is 25.6. The molecule has 10 N–H and O–H groups in total. The summed E-state index contributed by atoms with van der Waals surface area (Å²) in [7, 11) is 0. The van der Waals surface area contributed by atoms with E-state index in [9.17, 15) is 0 Å². The molecule has 0 radical (unpaired) electrons. The number of nitrogens with two attached hydrogens (primary N) is 4. The van der Waals surface area contributed by atoms with E-state index >= 15 is 0 Å². The predicted molar refractivity (Wildman–Crippen MR) is 148 cm³/mol. The van der Waals surface area contributed by atoms with Crippen LogP contribution in [0.5, 0.6) is 0 Å². The lowest BCUT2D eigenvalue weighted by Gasteiger charge is -2.27. The second-order valence-corrected chi connectivity index (χ2v) is 8.97. The lowest BCUT2D eigenvalue weighted by molar-refractivity contribution is 0.278. The lowest BCUT2D eigenvalue weighted by Crippen LogP contribution is -2.42. The molecule has 1 fully saturated rings. The predicted octanol–water partition coefficient (Wildman–Crippen LogP) is 1.63. The zero-order valence-corrected chi connectivity index (χ0v) is 20.7. The Hall–Kier alpha value is -4.08. The van der Waals surface area contributed by atoms with Gasteiger partial charge in [0.1, 0.15) is 0 Å². The molecule has 1 aliphatic rings. The van der Waals surface area contributed by atoms with Gasteiger partial charge in [-0.25, -0.2) is 9.98 Å². The van der Waals surface area contributed by atoms with Crippen molar-refractivity contribution >= 4 is 23.8 Å². The highest BCUT2D eigenvalue weighted by atomic mass is 15.2. The number of nitrogens with zero attached hydrogens (tertiary/aromatic N) is 4. The molecule has 36 heavy (non-hydrogen) atoms. The maximum absolute atomic E-state index is 6.01. The van der Waals surface area contributed by atoms with E-state index < -0.39 is 0 Å². The van der Waals surface area contributed by atoms with E-state index in [1.165, 1.54) is 0 Å². The summed E-state index contributed by atoms with van der Waals surface area (Å²) in [4.78, 5) is 17.6. The average Bonchev–Trinajstić information content (AvgIpc) is 2.90. The fourth-order valence-corrected chi connectivity index (χ4v) is 4.13. The zero-order valence-electron chi connectivity index (χ0n) is 20.7. The Morgan fingerprint density at radius 1 is 0.611 bits per heavy atom. The van der Waals surface area contributed by atoms with Crippen LogP contribution in [0.15, 0.2) is 80.6 Å². The van der Waals surface area contributed by atoms with Gasteiger partial charge in [0.05, 0.1) is 13.1 Å². The van der Waals surface area contributed by atoms with E-state index in [1.54, 1.807) is 0 Å². The Kier molecular flexibility index (Phi) is 10.6. The quantitative estimate of drug-likeness (QED) is 0.242. The first-order valence-corrected chi connectivity index (χ1v) is 12.3. The summed E-state index contributed by atoms with van der Waals surface area (Å²) in [6, 6.07) is 19.8. The number of benzene rings is 2.